The van der Waals surface area contributed by atoms with Gasteiger partial charge in [0.05, 0.1) is 9.79 Å². The molecule has 0 spiro atoms. The summed E-state index contributed by atoms with van der Waals surface area (Å²) in [5, 5.41) is 0. The summed E-state index contributed by atoms with van der Waals surface area (Å²) in [6.07, 6.45) is 6.79. The summed E-state index contributed by atoms with van der Waals surface area (Å²) in [7, 11) is -8.88. The minimum atomic E-state index is -4.44. The predicted octanol–water partition coefficient (Wildman–Crippen LogP) is -0.470. The first-order chi connectivity index (χ1) is 17.1. The zero-order valence-electron chi connectivity index (χ0n) is 21.0. The third-order valence-corrected chi connectivity index (χ3v) is 6.71. The Kier molecular flexibility index (Phi) is 14.7. The minimum absolute atomic E-state index is 0. The van der Waals surface area contributed by atoms with Gasteiger partial charge in [0.25, 0.3) is 0 Å². The van der Waals surface area contributed by atoms with Gasteiger partial charge in [-0.15, -0.1) is 0 Å². The molecule has 184 valence electrons. The number of benzene rings is 4. The van der Waals surface area contributed by atoms with Crippen molar-refractivity contribution in [1.82, 2.24) is 0 Å². The second kappa shape index (κ2) is 16.3. The summed E-state index contributed by atoms with van der Waals surface area (Å²) in [6, 6.07) is 31.2. The van der Waals surface area contributed by atoms with Gasteiger partial charge < -0.3 is 9.11 Å². The van der Waals surface area contributed by atoms with Crippen molar-refractivity contribution < 1.29 is 85.1 Å². The van der Waals surface area contributed by atoms with Crippen molar-refractivity contribution in [2.24, 2.45) is 0 Å². The summed E-state index contributed by atoms with van der Waals surface area (Å²) in [4.78, 5) is -0.394. The van der Waals surface area contributed by atoms with Gasteiger partial charge in [-0.25, -0.2) is 16.8 Å². The van der Waals surface area contributed by atoms with Crippen molar-refractivity contribution in [2.45, 2.75) is 9.79 Å². The normalized spacial score (nSPS) is 11.2. The van der Waals surface area contributed by atoms with Gasteiger partial charge in [0, 0.05) is 0 Å². The molecule has 0 bridgehead atoms. The SMILES string of the molecule is O=S(=O)([O-])c1ccccc1C=Cc1ccccc1.O=S(=O)([O-])c1ccccc1C=Cc1ccccc1.[Na+].[Na+]. The van der Waals surface area contributed by atoms with Gasteiger partial charge >= 0.3 is 59.1 Å². The van der Waals surface area contributed by atoms with Gasteiger partial charge in [-0.2, -0.15) is 0 Å². The summed E-state index contributed by atoms with van der Waals surface area (Å²) in [5.74, 6) is 0. The summed E-state index contributed by atoms with van der Waals surface area (Å²) in [6.45, 7) is 0. The molecule has 4 aromatic rings. The van der Waals surface area contributed by atoms with Gasteiger partial charge in [-0.3, -0.25) is 0 Å². The van der Waals surface area contributed by atoms with Crippen molar-refractivity contribution in [2.75, 3.05) is 0 Å². The van der Waals surface area contributed by atoms with E-state index in [1.807, 2.05) is 60.7 Å². The van der Waals surface area contributed by atoms with Crippen LogP contribution in [0, 0.1) is 0 Å². The van der Waals surface area contributed by atoms with Gasteiger partial charge in [0.2, 0.25) is 0 Å². The third-order valence-electron chi connectivity index (χ3n) is 4.89. The monoisotopic (exact) mass is 564 g/mol. The Morgan fingerprint density at radius 3 is 1.03 bits per heavy atom. The quantitative estimate of drug-likeness (QED) is 0.178. The number of rotatable bonds is 6. The summed E-state index contributed by atoms with van der Waals surface area (Å²) in [5.41, 5.74) is 2.68. The van der Waals surface area contributed by atoms with Crippen LogP contribution < -0.4 is 59.1 Å². The molecule has 0 amide bonds. The first-order valence-corrected chi connectivity index (χ1v) is 13.5. The molecule has 6 nitrogen and oxygen atoms in total. The van der Waals surface area contributed by atoms with Gasteiger partial charge in [-0.05, 0) is 34.4 Å². The Morgan fingerprint density at radius 2 is 0.711 bits per heavy atom. The van der Waals surface area contributed by atoms with Gasteiger partial charge in [0.15, 0.2) is 0 Å². The topological polar surface area (TPSA) is 114 Å². The fourth-order valence-corrected chi connectivity index (χ4v) is 4.53. The molecule has 0 saturated heterocycles. The van der Waals surface area contributed by atoms with Crippen molar-refractivity contribution >= 4 is 44.5 Å². The number of hydrogen-bond acceptors (Lipinski definition) is 6. The first kappa shape index (κ1) is 34.2. The second-order valence-electron chi connectivity index (χ2n) is 7.47. The first-order valence-electron chi connectivity index (χ1n) is 10.7. The molecule has 0 aliphatic heterocycles. The Balaban J connectivity index is 0.000000361. The maximum Gasteiger partial charge on any atom is 1.00 e. The van der Waals surface area contributed by atoms with E-state index in [1.54, 1.807) is 48.6 Å². The largest absolute Gasteiger partial charge is 1.00 e. The van der Waals surface area contributed by atoms with Crippen LogP contribution in [0.4, 0.5) is 0 Å². The van der Waals surface area contributed by atoms with E-state index in [9.17, 15) is 25.9 Å². The molecule has 0 N–H and O–H groups in total. The van der Waals surface area contributed by atoms with E-state index < -0.39 is 20.2 Å². The molecule has 10 heteroatoms. The van der Waals surface area contributed by atoms with Crippen LogP contribution in [-0.4, -0.2) is 25.9 Å². The van der Waals surface area contributed by atoms with E-state index in [0.29, 0.717) is 11.1 Å². The van der Waals surface area contributed by atoms with E-state index in [1.165, 1.54) is 24.3 Å². The average Bonchev–Trinajstić information content (AvgIpc) is 2.87. The van der Waals surface area contributed by atoms with Crippen molar-refractivity contribution in [3.05, 3.63) is 131 Å². The second-order valence-corrected chi connectivity index (χ2v) is 10.2. The molecule has 4 aromatic carbocycles. The zero-order valence-corrected chi connectivity index (χ0v) is 26.6. The van der Waals surface area contributed by atoms with E-state index in [0.717, 1.165) is 11.1 Å². The van der Waals surface area contributed by atoms with E-state index >= 15 is 0 Å². The smallest absolute Gasteiger partial charge is 0.744 e. The molecule has 0 aromatic heterocycles. The van der Waals surface area contributed by atoms with Crippen LogP contribution in [0.2, 0.25) is 0 Å². The molecule has 0 aliphatic carbocycles. The molecule has 0 heterocycles. The fourth-order valence-electron chi connectivity index (χ4n) is 3.19. The Hall–Kier alpha value is -1.82. The van der Waals surface area contributed by atoms with Gasteiger partial charge in [0.1, 0.15) is 20.2 Å². The molecule has 0 fully saturated rings. The van der Waals surface area contributed by atoms with Crippen LogP contribution in [0.1, 0.15) is 22.3 Å². The van der Waals surface area contributed by atoms with Crippen LogP contribution in [0.15, 0.2) is 119 Å². The van der Waals surface area contributed by atoms with Crippen LogP contribution in [-0.2, 0) is 20.2 Å². The molecular weight excluding hydrogens is 542 g/mol. The maximum atomic E-state index is 11.1. The summed E-state index contributed by atoms with van der Waals surface area (Å²) >= 11 is 0. The molecule has 0 unspecified atom stereocenters. The van der Waals surface area contributed by atoms with E-state index in [-0.39, 0.29) is 68.9 Å². The number of hydrogen-bond donors (Lipinski definition) is 0. The van der Waals surface area contributed by atoms with Crippen LogP contribution in [0.5, 0.6) is 0 Å². The van der Waals surface area contributed by atoms with Gasteiger partial charge in [-0.1, -0.05) is 121 Å². The van der Waals surface area contributed by atoms with Crippen LogP contribution >= 0.6 is 0 Å². The van der Waals surface area contributed by atoms with Crippen molar-refractivity contribution in [3.63, 3.8) is 0 Å². The Bertz CT molecular complexity index is 1450. The summed E-state index contributed by atoms with van der Waals surface area (Å²) < 4.78 is 66.5. The molecule has 0 saturated carbocycles. The maximum absolute atomic E-state index is 11.1. The third kappa shape index (κ3) is 11.1. The van der Waals surface area contributed by atoms with Crippen LogP contribution in [0.25, 0.3) is 24.3 Å². The molecular formula is C28H22Na2O6S2. The predicted molar refractivity (Wildman–Crippen MR) is 140 cm³/mol. The van der Waals surface area contributed by atoms with Crippen LogP contribution in [0.3, 0.4) is 0 Å². The molecule has 38 heavy (non-hydrogen) atoms. The molecule has 0 atom stereocenters. The average molecular weight is 565 g/mol. The minimum Gasteiger partial charge on any atom is -0.744 e. The Labute approximate surface area is 268 Å². The molecule has 4 rings (SSSR count). The van der Waals surface area contributed by atoms with E-state index in [4.69, 9.17) is 0 Å². The standard InChI is InChI=1S/2C14H12O3S.2Na/c2*15-18(16,17)14-9-5-4-8-13(14)11-10-12-6-2-1-3-7-12;;/h2*1-11H,(H,15,16,17);;/q;;2*+1/p-2. The van der Waals surface area contributed by atoms with Crippen molar-refractivity contribution in [3.8, 4) is 0 Å². The molecule has 0 aliphatic rings. The zero-order chi connectivity index (χ0) is 26.0. The Morgan fingerprint density at radius 1 is 0.421 bits per heavy atom. The van der Waals surface area contributed by atoms with E-state index in [2.05, 4.69) is 0 Å². The molecule has 0 radical (unpaired) electrons. The van der Waals surface area contributed by atoms with Crippen molar-refractivity contribution in [1.29, 1.82) is 0 Å². The fraction of sp³-hybridized carbons (Fsp3) is 0.